The molecule has 3 aliphatic rings. The lowest BCUT2D eigenvalue weighted by Gasteiger charge is -2.30. The van der Waals surface area contributed by atoms with Gasteiger partial charge in [0.15, 0.2) is 0 Å². The Hall–Kier alpha value is -1.46. The lowest BCUT2D eigenvalue weighted by molar-refractivity contribution is -0.121. The van der Waals surface area contributed by atoms with Crippen molar-refractivity contribution in [2.75, 3.05) is 24.7 Å². The van der Waals surface area contributed by atoms with Crippen LogP contribution in [0.2, 0.25) is 0 Å². The van der Waals surface area contributed by atoms with E-state index in [0.29, 0.717) is 5.92 Å². The Morgan fingerprint density at radius 2 is 2.18 bits per heavy atom. The number of anilines is 1. The van der Waals surface area contributed by atoms with Gasteiger partial charge in [-0.25, -0.2) is 0 Å². The first-order valence-electron chi connectivity index (χ1n) is 7.67. The first-order valence-corrected chi connectivity index (χ1v) is 8.47. The van der Waals surface area contributed by atoms with Crippen molar-refractivity contribution in [2.24, 2.45) is 5.92 Å². The first-order chi connectivity index (χ1) is 10.7. The summed E-state index contributed by atoms with van der Waals surface area (Å²) in [6.45, 7) is 2.28. The van der Waals surface area contributed by atoms with E-state index >= 15 is 0 Å². The number of carbonyl (C=O) groups excluding carboxylic acids is 1. The summed E-state index contributed by atoms with van der Waals surface area (Å²) in [6.07, 6.45) is 3.81. The standard InChI is InChI=1S/C17H15BrN2O2/c18-11-1-2-13-12(5-11)15-14(6-19-13)20(7-10-8-22-9-10)16(21)17(15)3-4-17/h1-2,5-6,10H,3-4,7-9H2. The Kier molecular flexibility index (Phi) is 2.54. The Labute approximate surface area is 136 Å². The van der Waals surface area contributed by atoms with Gasteiger partial charge in [0.2, 0.25) is 5.91 Å². The molecule has 0 radical (unpaired) electrons. The monoisotopic (exact) mass is 358 g/mol. The Morgan fingerprint density at radius 3 is 2.86 bits per heavy atom. The number of aromatic nitrogens is 1. The van der Waals surface area contributed by atoms with E-state index in [9.17, 15) is 4.79 Å². The van der Waals surface area contributed by atoms with Crippen molar-refractivity contribution in [3.63, 3.8) is 0 Å². The van der Waals surface area contributed by atoms with E-state index in [-0.39, 0.29) is 11.3 Å². The average molecular weight is 359 g/mol. The molecule has 1 aromatic heterocycles. The number of pyridine rings is 1. The normalized spacial score (nSPS) is 22.2. The van der Waals surface area contributed by atoms with E-state index in [2.05, 4.69) is 27.0 Å². The number of carbonyl (C=O) groups is 1. The minimum absolute atomic E-state index is 0.267. The fourth-order valence-corrected chi connectivity index (χ4v) is 4.12. The minimum Gasteiger partial charge on any atom is -0.381 e. The first kappa shape index (κ1) is 13.0. The Balaban J connectivity index is 1.71. The highest BCUT2D eigenvalue weighted by atomic mass is 79.9. The largest absolute Gasteiger partial charge is 0.381 e. The molecule has 22 heavy (non-hydrogen) atoms. The van der Waals surface area contributed by atoms with E-state index < -0.39 is 0 Å². The van der Waals surface area contributed by atoms with Crippen LogP contribution >= 0.6 is 15.9 Å². The molecule has 1 saturated carbocycles. The van der Waals surface area contributed by atoms with Crippen molar-refractivity contribution < 1.29 is 9.53 Å². The van der Waals surface area contributed by atoms with Gasteiger partial charge in [-0.3, -0.25) is 9.78 Å². The maximum absolute atomic E-state index is 13.0. The van der Waals surface area contributed by atoms with Crippen LogP contribution in [0.5, 0.6) is 0 Å². The van der Waals surface area contributed by atoms with Crippen molar-refractivity contribution in [3.8, 4) is 0 Å². The van der Waals surface area contributed by atoms with Gasteiger partial charge < -0.3 is 9.64 Å². The van der Waals surface area contributed by atoms with Crippen molar-refractivity contribution in [1.82, 2.24) is 4.98 Å². The van der Waals surface area contributed by atoms with Gasteiger partial charge in [-0.1, -0.05) is 15.9 Å². The second-order valence-electron chi connectivity index (χ2n) is 6.58. The molecule has 0 N–H and O–H groups in total. The Morgan fingerprint density at radius 1 is 1.36 bits per heavy atom. The minimum atomic E-state index is -0.276. The van der Waals surface area contributed by atoms with Crippen LogP contribution < -0.4 is 4.90 Å². The number of ether oxygens (including phenoxy) is 1. The second-order valence-corrected chi connectivity index (χ2v) is 7.50. The molecule has 2 fully saturated rings. The van der Waals surface area contributed by atoms with Crippen LogP contribution in [0.15, 0.2) is 28.9 Å². The predicted octanol–water partition coefficient (Wildman–Crippen LogP) is 3.02. The Bertz CT molecular complexity index is 812. The second kappa shape index (κ2) is 4.30. The summed E-state index contributed by atoms with van der Waals surface area (Å²) in [5.74, 6) is 0.729. The van der Waals surface area contributed by atoms with Gasteiger partial charge in [0.05, 0.1) is 36.0 Å². The third kappa shape index (κ3) is 1.61. The van der Waals surface area contributed by atoms with Crippen molar-refractivity contribution in [2.45, 2.75) is 18.3 Å². The molecule has 1 aromatic carbocycles. The maximum atomic E-state index is 13.0. The molecule has 1 aliphatic carbocycles. The van der Waals surface area contributed by atoms with Crippen LogP contribution in [0.3, 0.4) is 0 Å². The molecule has 1 spiro atoms. The van der Waals surface area contributed by atoms with Crippen LogP contribution in [0.4, 0.5) is 5.69 Å². The molecule has 2 aliphatic heterocycles. The van der Waals surface area contributed by atoms with Gasteiger partial charge in [-0.2, -0.15) is 0 Å². The summed E-state index contributed by atoms with van der Waals surface area (Å²) in [6, 6.07) is 6.12. The number of halogens is 1. The molecule has 2 aromatic rings. The van der Waals surface area contributed by atoms with E-state index in [1.807, 2.05) is 23.2 Å². The summed E-state index contributed by atoms with van der Waals surface area (Å²) < 4.78 is 6.29. The third-order valence-corrected chi connectivity index (χ3v) is 5.63. The van der Waals surface area contributed by atoms with Gasteiger partial charge >= 0.3 is 0 Å². The SMILES string of the molecule is O=C1N(CC2COC2)c2cnc3ccc(Br)cc3c2C12CC2. The molecule has 112 valence electrons. The van der Waals surface area contributed by atoms with Crippen LogP contribution in [0, 0.1) is 5.92 Å². The smallest absolute Gasteiger partial charge is 0.237 e. The molecular formula is C17H15BrN2O2. The molecule has 5 rings (SSSR count). The number of nitrogens with zero attached hydrogens (tertiary/aromatic N) is 2. The van der Waals surface area contributed by atoms with E-state index in [0.717, 1.165) is 53.7 Å². The summed E-state index contributed by atoms with van der Waals surface area (Å²) in [4.78, 5) is 19.5. The topological polar surface area (TPSA) is 42.4 Å². The number of hydrogen-bond donors (Lipinski definition) is 0. The lowest BCUT2D eigenvalue weighted by atomic mass is 9.94. The highest BCUT2D eigenvalue weighted by Gasteiger charge is 2.60. The predicted molar refractivity (Wildman–Crippen MR) is 87.0 cm³/mol. The molecule has 1 saturated heterocycles. The van der Waals surface area contributed by atoms with Crippen LogP contribution in [0.1, 0.15) is 18.4 Å². The average Bonchev–Trinajstić information content (AvgIpc) is 3.21. The van der Waals surface area contributed by atoms with Gasteiger partial charge in [-0.15, -0.1) is 0 Å². The highest BCUT2D eigenvalue weighted by molar-refractivity contribution is 9.10. The molecule has 0 bridgehead atoms. The molecule has 3 heterocycles. The lowest BCUT2D eigenvalue weighted by Crippen LogP contribution is -2.42. The van der Waals surface area contributed by atoms with E-state index in [4.69, 9.17) is 4.74 Å². The fourth-order valence-electron chi connectivity index (χ4n) is 3.75. The zero-order valence-corrected chi connectivity index (χ0v) is 13.6. The van der Waals surface area contributed by atoms with Gasteiger partial charge in [0, 0.05) is 27.9 Å². The zero-order valence-electron chi connectivity index (χ0n) is 12.0. The van der Waals surface area contributed by atoms with E-state index in [1.54, 1.807) is 0 Å². The van der Waals surface area contributed by atoms with Crippen LogP contribution in [0.25, 0.3) is 10.9 Å². The quantitative estimate of drug-likeness (QED) is 0.828. The molecule has 0 atom stereocenters. The number of amides is 1. The molecule has 5 heteroatoms. The number of benzene rings is 1. The number of rotatable bonds is 2. The zero-order chi connectivity index (χ0) is 14.9. The molecular weight excluding hydrogens is 344 g/mol. The highest BCUT2D eigenvalue weighted by Crippen LogP contribution is 2.59. The molecule has 1 amide bonds. The van der Waals surface area contributed by atoms with E-state index in [1.165, 1.54) is 5.56 Å². The summed E-state index contributed by atoms with van der Waals surface area (Å²) >= 11 is 3.55. The van der Waals surface area contributed by atoms with Crippen LogP contribution in [-0.4, -0.2) is 30.6 Å². The van der Waals surface area contributed by atoms with Gasteiger partial charge in [0.1, 0.15) is 0 Å². The summed E-state index contributed by atoms with van der Waals surface area (Å²) in [7, 11) is 0. The van der Waals surface area contributed by atoms with Crippen molar-refractivity contribution in [3.05, 3.63) is 34.4 Å². The maximum Gasteiger partial charge on any atom is 0.237 e. The summed E-state index contributed by atoms with van der Waals surface area (Å²) in [5.41, 5.74) is 2.90. The van der Waals surface area contributed by atoms with Gasteiger partial charge in [-0.05, 0) is 31.0 Å². The number of hydrogen-bond acceptors (Lipinski definition) is 3. The van der Waals surface area contributed by atoms with Crippen LogP contribution in [-0.2, 0) is 14.9 Å². The third-order valence-electron chi connectivity index (χ3n) is 5.13. The molecule has 4 nitrogen and oxygen atoms in total. The van der Waals surface area contributed by atoms with Gasteiger partial charge in [0.25, 0.3) is 0 Å². The van der Waals surface area contributed by atoms with Crippen molar-refractivity contribution >= 4 is 38.4 Å². The van der Waals surface area contributed by atoms with Crippen molar-refractivity contribution in [1.29, 1.82) is 0 Å². The number of fused-ring (bicyclic) bond motifs is 4. The summed E-state index contributed by atoms with van der Waals surface area (Å²) in [5, 5.41) is 1.12. The fraction of sp³-hybridized carbons (Fsp3) is 0.412. The molecule has 0 unspecified atom stereocenters.